The van der Waals surface area contributed by atoms with Gasteiger partial charge in [-0.3, -0.25) is 0 Å². The molecule has 51 heavy (non-hydrogen) atoms. The molecule has 10 aromatic rings. The Balaban J connectivity index is 1.08. The normalized spacial score (nSPS) is 14.5. The fraction of sp³-hybridized carbons (Fsp3) is 0.0204. The van der Waals surface area contributed by atoms with E-state index in [1.54, 1.807) is 0 Å². The highest BCUT2D eigenvalue weighted by Gasteiger charge is 2.23. The van der Waals surface area contributed by atoms with E-state index in [2.05, 4.69) is 187 Å². The molecular formula is C49H33NS. The van der Waals surface area contributed by atoms with Crippen LogP contribution in [0.3, 0.4) is 0 Å². The van der Waals surface area contributed by atoms with Crippen molar-refractivity contribution in [3.63, 3.8) is 0 Å². The van der Waals surface area contributed by atoms with Gasteiger partial charge in [0.1, 0.15) is 0 Å². The van der Waals surface area contributed by atoms with Crippen LogP contribution in [0.15, 0.2) is 186 Å². The van der Waals surface area contributed by atoms with Crippen LogP contribution in [0.1, 0.15) is 0 Å². The molecule has 0 saturated carbocycles. The molecule has 1 atom stereocenters. The van der Waals surface area contributed by atoms with Crippen molar-refractivity contribution >= 4 is 65.0 Å². The number of hydrogen-bond acceptors (Lipinski definition) is 0. The highest BCUT2D eigenvalue weighted by atomic mass is 32.2. The van der Waals surface area contributed by atoms with E-state index in [9.17, 15) is 0 Å². The molecule has 1 aliphatic rings. The standard InChI is InChI=1S/C49H33NS/c1-51-45-29-24-35(30-44(45)41-18-8-12-34-13-9-19-46(51)47(34)41)38-15-7-6-14-37(38)33-20-25-36(26-21-33)50-48-39-16-4-2-10-31(39)22-27-42(48)43-28-23-32-11-3-5-17-40(32)49(43)50/h2-30,51H,1H3. The van der Waals surface area contributed by atoms with Gasteiger partial charge in [0.15, 0.2) is 0 Å². The van der Waals surface area contributed by atoms with Crippen molar-refractivity contribution in [1.29, 1.82) is 0 Å². The highest BCUT2D eigenvalue weighted by Crippen LogP contribution is 2.56. The molecule has 9 aromatic carbocycles. The van der Waals surface area contributed by atoms with Crippen molar-refractivity contribution in [3.05, 3.63) is 176 Å². The molecule has 0 spiro atoms. The van der Waals surface area contributed by atoms with Crippen LogP contribution in [0.25, 0.3) is 93.2 Å². The molecule has 1 unspecified atom stereocenters. The van der Waals surface area contributed by atoms with E-state index in [-0.39, 0.29) is 0 Å². The van der Waals surface area contributed by atoms with Gasteiger partial charge in [-0.25, -0.2) is 10.9 Å². The quantitative estimate of drug-likeness (QED) is 0.179. The van der Waals surface area contributed by atoms with Crippen LogP contribution in [-0.4, -0.2) is 10.8 Å². The smallest absolute Gasteiger partial charge is 0.0619 e. The minimum atomic E-state index is -0.418. The summed E-state index contributed by atoms with van der Waals surface area (Å²) in [5, 5.41) is 10.4. The van der Waals surface area contributed by atoms with E-state index in [1.165, 1.54) is 103 Å². The molecule has 0 N–H and O–H groups in total. The number of thiol groups is 1. The fourth-order valence-electron chi connectivity index (χ4n) is 8.74. The molecule has 1 aromatic heterocycles. The molecule has 1 aliphatic heterocycles. The lowest BCUT2D eigenvalue weighted by Crippen LogP contribution is -1.98. The van der Waals surface area contributed by atoms with E-state index >= 15 is 0 Å². The first kappa shape index (κ1) is 28.7. The summed E-state index contributed by atoms with van der Waals surface area (Å²) in [7, 11) is -0.418. The van der Waals surface area contributed by atoms with Crippen molar-refractivity contribution in [2.75, 3.05) is 6.26 Å². The summed E-state index contributed by atoms with van der Waals surface area (Å²) in [5.41, 5.74) is 11.4. The van der Waals surface area contributed by atoms with Crippen LogP contribution in [0.4, 0.5) is 0 Å². The lowest BCUT2D eigenvalue weighted by Gasteiger charge is -2.29. The van der Waals surface area contributed by atoms with Gasteiger partial charge >= 0.3 is 0 Å². The second-order valence-electron chi connectivity index (χ2n) is 13.8. The van der Waals surface area contributed by atoms with Gasteiger partial charge in [-0.1, -0.05) is 146 Å². The maximum absolute atomic E-state index is 2.50. The van der Waals surface area contributed by atoms with E-state index < -0.39 is 10.9 Å². The molecule has 2 heterocycles. The summed E-state index contributed by atoms with van der Waals surface area (Å²) < 4.78 is 2.50. The largest absolute Gasteiger partial charge is 0.308 e. The number of hydrogen-bond donors (Lipinski definition) is 1. The van der Waals surface area contributed by atoms with Crippen molar-refractivity contribution in [2.45, 2.75) is 9.79 Å². The average Bonchev–Trinajstić information content (AvgIpc) is 3.55. The lowest BCUT2D eigenvalue weighted by molar-refractivity contribution is 1.19. The zero-order valence-corrected chi connectivity index (χ0v) is 29.0. The van der Waals surface area contributed by atoms with E-state index in [1.807, 2.05) is 0 Å². The topological polar surface area (TPSA) is 4.93 Å². The number of nitrogens with zero attached hydrogens (tertiary/aromatic N) is 1. The molecule has 0 fully saturated rings. The summed E-state index contributed by atoms with van der Waals surface area (Å²) in [6.45, 7) is 0. The van der Waals surface area contributed by atoms with Crippen molar-refractivity contribution < 1.29 is 0 Å². The number of rotatable bonds is 3. The van der Waals surface area contributed by atoms with Gasteiger partial charge in [0.05, 0.1) is 11.0 Å². The first-order chi connectivity index (χ1) is 25.2. The first-order valence-electron chi connectivity index (χ1n) is 17.7. The summed E-state index contributed by atoms with van der Waals surface area (Å²) in [6, 6.07) is 65.5. The average molecular weight is 668 g/mol. The van der Waals surface area contributed by atoms with E-state index in [0.29, 0.717) is 0 Å². The van der Waals surface area contributed by atoms with Crippen molar-refractivity contribution in [1.82, 2.24) is 4.57 Å². The van der Waals surface area contributed by atoms with Crippen LogP contribution in [-0.2, 0) is 0 Å². The van der Waals surface area contributed by atoms with Gasteiger partial charge in [-0.2, -0.15) is 0 Å². The summed E-state index contributed by atoms with van der Waals surface area (Å²) in [5.74, 6) is 0. The fourth-order valence-corrected chi connectivity index (χ4v) is 10.7. The molecule has 2 heteroatoms. The SMILES string of the molecule is C[SH]1c2ccc(-c3ccccc3-c3ccc(-n4c5c6ccccc6ccc5c5ccc6ccccc6c54)cc3)cc2-c2cccc3cccc1c23. The Labute approximate surface area is 299 Å². The van der Waals surface area contributed by atoms with Gasteiger partial charge < -0.3 is 4.57 Å². The zero-order chi connectivity index (χ0) is 33.6. The summed E-state index contributed by atoms with van der Waals surface area (Å²) in [6.07, 6.45) is 2.41. The second-order valence-corrected chi connectivity index (χ2v) is 15.8. The van der Waals surface area contributed by atoms with Gasteiger partial charge in [0.2, 0.25) is 0 Å². The number of aromatic nitrogens is 1. The highest BCUT2D eigenvalue weighted by molar-refractivity contribution is 8.16. The molecule has 0 amide bonds. The maximum Gasteiger partial charge on any atom is 0.0619 e. The maximum atomic E-state index is 2.50. The Morgan fingerprint density at radius 1 is 0.373 bits per heavy atom. The van der Waals surface area contributed by atoms with Crippen LogP contribution in [0.5, 0.6) is 0 Å². The van der Waals surface area contributed by atoms with Gasteiger partial charge in [-0.05, 0) is 95.9 Å². The molecule has 240 valence electrons. The molecule has 0 saturated heterocycles. The molecular weight excluding hydrogens is 635 g/mol. The predicted octanol–water partition coefficient (Wildman–Crippen LogP) is 13.6. The Kier molecular flexibility index (Phi) is 6.17. The van der Waals surface area contributed by atoms with Crippen LogP contribution in [0.2, 0.25) is 0 Å². The third kappa shape index (κ3) is 4.18. The third-order valence-electron chi connectivity index (χ3n) is 11.1. The van der Waals surface area contributed by atoms with Crippen molar-refractivity contribution in [3.8, 4) is 39.1 Å². The lowest BCUT2D eigenvalue weighted by atomic mass is 9.91. The van der Waals surface area contributed by atoms with E-state index in [4.69, 9.17) is 0 Å². The zero-order valence-electron chi connectivity index (χ0n) is 28.1. The van der Waals surface area contributed by atoms with Gasteiger partial charge in [0, 0.05) is 32.6 Å². The first-order valence-corrected chi connectivity index (χ1v) is 19.5. The van der Waals surface area contributed by atoms with Crippen molar-refractivity contribution in [2.24, 2.45) is 0 Å². The Hall–Kier alpha value is -6.09. The Morgan fingerprint density at radius 2 is 0.922 bits per heavy atom. The molecule has 1 nitrogen and oxygen atoms in total. The van der Waals surface area contributed by atoms with Gasteiger partial charge in [-0.15, -0.1) is 0 Å². The summed E-state index contributed by atoms with van der Waals surface area (Å²) in [4.78, 5) is 2.95. The minimum Gasteiger partial charge on any atom is -0.308 e. The monoisotopic (exact) mass is 667 g/mol. The Morgan fingerprint density at radius 3 is 1.61 bits per heavy atom. The van der Waals surface area contributed by atoms with Gasteiger partial charge in [0.25, 0.3) is 0 Å². The molecule has 0 bridgehead atoms. The van der Waals surface area contributed by atoms with Crippen LogP contribution < -0.4 is 0 Å². The van der Waals surface area contributed by atoms with E-state index in [0.717, 1.165) is 0 Å². The molecule has 11 rings (SSSR count). The number of benzene rings is 9. The number of fused-ring (bicyclic) bond motifs is 9. The molecule has 0 radical (unpaired) electrons. The van der Waals surface area contributed by atoms with Crippen LogP contribution >= 0.6 is 10.9 Å². The second kappa shape index (κ2) is 11.0. The van der Waals surface area contributed by atoms with Crippen LogP contribution in [0, 0.1) is 0 Å². The Bertz CT molecular complexity index is 2940. The minimum absolute atomic E-state index is 0.418. The molecule has 0 aliphatic carbocycles. The predicted molar refractivity (Wildman–Crippen MR) is 221 cm³/mol. The third-order valence-corrected chi connectivity index (χ3v) is 13.3. The summed E-state index contributed by atoms with van der Waals surface area (Å²) >= 11 is 0.